The molecule has 2 N–H and O–H groups in total. The first kappa shape index (κ1) is 19.4. The molecule has 3 aromatic rings. The first-order valence-corrected chi connectivity index (χ1v) is 9.73. The summed E-state index contributed by atoms with van der Waals surface area (Å²) in [4.78, 5) is 39.0. The van der Waals surface area contributed by atoms with Gasteiger partial charge in [-0.1, -0.05) is 42.5 Å². The number of amides is 3. The second-order valence-electron chi connectivity index (χ2n) is 7.13. The Morgan fingerprint density at radius 1 is 0.800 bits per heavy atom. The fourth-order valence-electron chi connectivity index (χ4n) is 3.45. The van der Waals surface area contributed by atoms with E-state index in [0.717, 1.165) is 5.69 Å². The summed E-state index contributed by atoms with van der Waals surface area (Å²) >= 11 is 0. The summed E-state index contributed by atoms with van der Waals surface area (Å²) in [6.45, 7) is 0.346. The molecule has 1 heterocycles. The van der Waals surface area contributed by atoms with Crippen LogP contribution in [0.25, 0.3) is 0 Å². The van der Waals surface area contributed by atoms with E-state index in [-0.39, 0.29) is 24.1 Å². The predicted molar refractivity (Wildman–Crippen MR) is 116 cm³/mol. The van der Waals surface area contributed by atoms with Crippen LogP contribution in [0.1, 0.15) is 16.8 Å². The third kappa shape index (κ3) is 4.38. The number of nitrogens with zero attached hydrogens (tertiary/aromatic N) is 1. The van der Waals surface area contributed by atoms with Gasteiger partial charge in [-0.25, -0.2) is 0 Å². The maximum atomic E-state index is 12.7. The molecule has 1 unspecified atom stereocenters. The zero-order chi connectivity index (χ0) is 20.9. The quantitative estimate of drug-likeness (QED) is 0.682. The van der Waals surface area contributed by atoms with Gasteiger partial charge in [0.05, 0.1) is 5.92 Å². The highest BCUT2D eigenvalue weighted by Gasteiger charge is 2.35. The van der Waals surface area contributed by atoms with E-state index in [2.05, 4.69) is 10.6 Å². The van der Waals surface area contributed by atoms with Crippen LogP contribution in [0, 0.1) is 5.92 Å². The molecule has 1 aliphatic heterocycles. The van der Waals surface area contributed by atoms with Gasteiger partial charge in [0.15, 0.2) is 0 Å². The van der Waals surface area contributed by atoms with E-state index >= 15 is 0 Å². The lowest BCUT2D eigenvalue weighted by molar-refractivity contribution is -0.122. The van der Waals surface area contributed by atoms with Crippen LogP contribution >= 0.6 is 0 Å². The van der Waals surface area contributed by atoms with Crippen molar-refractivity contribution in [3.8, 4) is 0 Å². The Balaban J connectivity index is 1.40. The minimum Gasteiger partial charge on any atom is -0.326 e. The van der Waals surface area contributed by atoms with Crippen LogP contribution in [0.4, 0.5) is 17.1 Å². The topological polar surface area (TPSA) is 78.5 Å². The molecule has 0 radical (unpaired) electrons. The Kier molecular flexibility index (Phi) is 5.57. The molecule has 3 aromatic carbocycles. The SMILES string of the molecule is O=C(Nc1cccc(NC(=O)C2CC(=O)N(c3ccccc3)C2)c1)c1ccccc1. The number of rotatable bonds is 5. The highest BCUT2D eigenvalue weighted by molar-refractivity contribution is 6.05. The van der Waals surface area contributed by atoms with E-state index in [4.69, 9.17) is 0 Å². The minimum atomic E-state index is -0.430. The molecule has 1 saturated heterocycles. The summed E-state index contributed by atoms with van der Waals surface area (Å²) in [5.74, 6) is -0.933. The first-order chi connectivity index (χ1) is 14.6. The van der Waals surface area contributed by atoms with Gasteiger partial charge in [-0.15, -0.1) is 0 Å². The van der Waals surface area contributed by atoms with Crippen molar-refractivity contribution in [3.63, 3.8) is 0 Å². The molecule has 0 saturated carbocycles. The van der Waals surface area contributed by atoms with Gasteiger partial charge in [0, 0.05) is 35.6 Å². The van der Waals surface area contributed by atoms with Crippen LogP contribution in [-0.2, 0) is 9.59 Å². The summed E-state index contributed by atoms with van der Waals surface area (Å²) in [6.07, 6.45) is 0.172. The molecule has 0 bridgehead atoms. The second kappa shape index (κ2) is 8.61. The van der Waals surface area contributed by atoms with Crippen LogP contribution in [0.3, 0.4) is 0 Å². The van der Waals surface area contributed by atoms with Gasteiger partial charge in [-0.3, -0.25) is 14.4 Å². The molecule has 0 spiro atoms. The molecule has 0 aromatic heterocycles. The number of anilines is 3. The average Bonchev–Trinajstić information content (AvgIpc) is 3.17. The van der Waals surface area contributed by atoms with Crippen LogP contribution in [0.15, 0.2) is 84.9 Å². The zero-order valence-corrected chi connectivity index (χ0v) is 16.2. The van der Waals surface area contributed by atoms with E-state index < -0.39 is 5.92 Å². The van der Waals surface area contributed by atoms with Gasteiger partial charge in [0.1, 0.15) is 0 Å². The van der Waals surface area contributed by atoms with E-state index in [9.17, 15) is 14.4 Å². The summed E-state index contributed by atoms with van der Waals surface area (Å²) in [7, 11) is 0. The van der Waals surface area contributed by atoms with Crippen molar-refractivity contribution in [2.24, 2.45) is 5.92 Å². The van der Waals surface area contributed by atoms with Crippen molar-refractivity contribution >= 4 is 34.8 Å². The molecule has 4 rings (SSSR count). The molecular weight excluding hydrogens is 378 g/mol. The maximum Gasteiger partial charge on any atom is 0.255 e. The van der Waals surface area contributed by atoms with Crippen LogP contribution < -0.4 is 15.5 Å². The Labute approximate surface area is 174 Å². The van der Waals surface area contributed by atoms with E-state index in [1.165, 1.54) is 0 Å². The lowest BCUT2D eigenvalue weighted by Gasteiger charge is -2.16. The minimum absolute atomic E-state index is 0.0646. The fraction of sp³-hybridized carbons (Fsp3) is 0.125. The van der Waals surface area contributed by atoms with Crippen LogP contribution in [0.2, 0.25) is 0 Å². The molecule has 0 aliphatic carbocycles. The molecule has 1 aliphatic rings. The van der Waals surface area contributed by atoms with Gasteiger partial charge in [0.25, 0.3) is 5.91 Å². The second-order valence-corrected chi connectivity index (χ2v) is 7.13. The lowest BCUT2D eigenvalue weighted by Crippen LogP contribution is -2.28. The van der Waals surface area contributed by atoms with Gasteiger partial charge < -0.3 is 15.5 Å². The highest BCUT2D eigenvalue weighted by Crippen LogP contribution is 2.26. The van der Waals surface area contributed by atoms with Crippen LogP contribution in [0.5, 0.6) is 0 Å². The highest BCUT2D eigenvalue weighted by atomic mass is 16.2. The third-order valence-electron chi connectivity index (χ3n) is 4.99. The average molecular weight is 399 g/mol. The van der Waals surface area contributed by atoms with E-state index in [0.29, 0.717) is 23.5 Å². The summed E-state index contributed by atoms with van der Waals surface area (Å²) < 4.78 is 0. The standard InChI is InChI=1S/C24H21N3O3/c28-22-14-18(16-27(22)21-12-5-2-6-13-21)24(30)26-20-11-7-10-19(15-20)25-23(29)17-8-3-1-4-9-17/h1-13,15,18H,14,16H2,(H,25,29)(H,26,30). The monoisotopic (exact) mass is 399 g/mol. The molecular formula is C24H21N3O3. The van der Waals surface area contributed by atoms with Crippen LogP contribution in [-0.4, -0.2) is 24.3 Å². The Bertz CT molecular complexity index is 1070. The Morgan fingerprint density at radius 2 is 1.43 bits per heavy atom. The predicted octanol–water partition coefficient (Wildman–Crippen LogP) is 3.93. The van der Waals surface area contributed by atoms with Gasteiger partial charge in [-0.2, -0.15) is 0 Å². The van der Waals surface area contributed by atoms with Crippen molar-refractivity contribution in [2.45, 2.75) is 6.42 Å². The number of carbonyl (C=O) groups excluding carboxylic acids is 3. The zero-order valence-electron chi connectivity index (χ0n) is 16.2. The molecule has 1 fully saturated rings. The van der Waals surface area contributed by atoms with E-state index in [1.807, 2.05) is 36.4 Å². The molecule has 1 atom stereocenters. The van der Waals surface area contributed by atoms with Crippen molar-refractivity contribution in [1.29, 1.82) is 0 Å². The smallest absolute Gasteiger partial charge is 0.255 e. The molecule has 3 amide bonds. The lowest BCUT2D eigenvalue weighted by atomic mass is 10.1. The number of carbonyl (C=O) groups is 3. The summed E-state index contributed by atoms with van der Waals surface area (Å²) in [5.41, 5.74) is 2.49. The number of hydrogen-bond donors (Lipinski definition) is 2. The van der Waals surface area contributed by atoms with Gasteiger partial charge in [0.2, 0.25) is 11.8 Å². The van der Waals surface area contributed by atoms with Gasteiger partial charge >= 0.3 is 0 Å². The fourth-order valence-corrected chi connectivity index (χ4v) is 3.45. The van der Waals surface area contributed by atoms with E-state index in [1.54, 1.807) is 53.4 Å². The number of para-hydroxylation sites is 1. The summed E-state index contributed by atoms with van der Waals surface area (Å²) in [5, 5.41) is 5.69. The molecule has 30 heavy (non-hydrogen) atoms. The molecule has 6 heteroatoms. The maximum absolute atomic E-state index is 12.7. The number of hydrogen-bond acceptors (Lipinski definition) is 3. The largest absolute Gasteiger partial charge is 0.326 e. The molecule has 6 nitrogen and oxygen atoms in total. The Morgan fingerprint density at radius 3 is 2.13 bits per heavy atom. The number of nitrogens with one attached hydrogen (secondary N) is 2. The number of benzene rings is 3. The normalized spacial score (nSPS) is 15.7. The molecule has 150 valence electrons. The van der Waals surface area contributed by atoms with Gasteiger partial charge in [-0.05, 0) is 42.5 Å². The third-order valence-corrected chi connectivity index (χ3v) is 4.99. The Hall–Kier alpha value is -3.93. The summed E-state index contributed by atoms with van der Waals surface area (Å²) in [6, 6.07) is 25.2. The first-order valence-electron chi connectivity index (χ1n) is 9.73. The van der Waals surface area contributed by atoms with Crippen molar-refractivity contribution in [2.75, 3.05) is 22.1 Å². The van der Waals surface area contributed by atoms with Crippen molar-refractivity contribution in [3.05, 3.63) is 90.5 Å². The van der Waals surface area contributed by atoms with Crippen molar-refractivity contribution < 1.29 is 14.4 Å². The van der Waals surface area contributed by atoms with Crippen molar-refractivity contribution in [1.82, 2.24) is 0 Å².